The van der Waals surface area contributed by atoms with Gasteiger partial charge in [-0.05, 0) is 60.4 Å². The zero-order valence-corrected chi connectivity index (χ0v) is 18.0. The van der Waals surface area contributed by atoms with Gasteiger partial charge in [0.05, 0.1) is 18.8 Å². The predicted molar refractivity (Wildman–Crippen MR) is 124 cm³/mol. The van der Waals surface area contributed by atoms with E-state index in [1.165, 1.54) is 17.7 Å². The first-order valence-electron chi connectivity index (χ1n) is 10.6. The van der Waals surface area contributed by atoms with E-state index in [9.17, 15) is 9.18 Å². The highest BCUT2D eigenvalue weighted by molar-refractivity contribution is 5.93. The highest BCUT2D eigenvalue weighted by atomic mass is 19.1. The van der Waals surface area contributed by atoms with Gasteiger partial charge >= 0.3 is 6.03 Å². The van der Waals surface area contributed by atoms with Gasteiger partial charge in [0, 0.05) is 23.1 Å². The normalized spacial score (nSPS) is 15.5. The number of methoxy groups -OCH3 is 1. The number of nitrogens with one attached hydrogen (secondary N) is 2. The molecular formula is C26H24FN3O2. The van der Waals surface area contributed by atoms with Crippen LogP contribution < -0.4 is 10.1 Å². The molecule has 0 fully saturated rings. The Morgan fingerprint density at radius 2 is 1.91 bits per heavy atom. The zero-order chi connectivity index (χ0) is 22.2. The molecule has 0 radical (unpaired) electrons. The van der Waals surface area contributed by atoms with E-state index in [4.69, 9.17) is 4.74 Å². The largest absolute Gasteiger partial charge is 0.495 e. The average molecular weight is 429 g/mol. The monoisotopic (exact) mass is 429 g/mol. The second kappa shape index (κ2) is 8.04. The summed E-state index contributed by atoms with van der Waals surface area (Å²) in [6.07, 6.45) is 0.732. The summed E-state index contributed by atoms with van der Waals surface area (Å²) in [7, 11) is 1.58. The molecule has 1 atom stereocenters. The van der Waals surface area contributed by atoms with Crippen LogP contribution in [0.4, 0.5) is 14.9 Å². The van der Waals surface area contributed by atoms with Crippen molar-refractivity contribution in [1.82, 2.24) is 9.88 Å². The number of hydrogen-bond donors (Lipinski definition) is 2. The second-order valence-electron chi connectivity index (χ2n) is 8.09. The fraction of sp³-hybridized carbons (Fsp3) is 0.192. The van der Waals surface area contributed by atoms with Gasteiger partial charge < -0.3 is 19.9 Å². The molecule has 1 aliphatic rings. The summed E-state index contributed by atoms with van der Waals surface area (Å²) < 4.78 is 19.1. The van der Waals surface area contributed by atoms with Crippen molar-refractivity contribution in [3.63, 3.8) is 0 Å². The number of urea groups is 1. The van der Waals surface area contributed by atoms with Crippen LogP contribution >= 0.6 is 0 Å². The number of aromatic nitrogens is 1. The molecule has 1 aliphatic heterocycles. The van der Waals surface area contributed by atoms with Crippen LogP contribution in [0, 0.1) is 12.7 Å². The van der Waals surface area contributed by atoms with Crippen molar-refractivity contribution in [2.75, 3.05) is 19.0 Å². The van der Waals surface area contributed by atoms with Gasteiger partial charge in [-0.25, -0.2) is 9.18 Å². The van der Waals surface area contributed by atoms with Gasteiger partial charge in [0.15, 0.2) is 0 Å². The molecular weight excluding hydrogens is 405 g/mol. The molecule has 2 heterocycles. The van der Waals surface area contributed by atoms with Gasteiger partial charge in [-0.1, -0.05) is 36.4 Å². The number of carbonyl (C=O) groups is 1. The molecule has 5 nitrogen and oxygen atoms in total. The third-order valence-corrected chi connectivity index (χ3v) is 6.08. The van der Waals surface area contributed by atoms with E-state index in [2.05, 4.69) is 16.4 Å². The highest BCUT2D eigenvalue weighted by Gasteiger charge is 2.34. The lowest BCUT2D eigenvalue weighted by Crippen LogP contribution is -2.43. The Kier molecular flexibility index (Phi) is 5.05. The Morgan fingerprint density at radius 1 is 1.12 bits per heavy atom. The molecule has 0 spiro atoms. The minimum atomic E-state index is -0.359. The number of halogens is 1. The second-order valence-corrected chi connectivity index (χ2v) is 8.09. The summed E-state index contributed by atoms with van der Waals surface area (Å²) in [5.41, 5.74) is 5.70. The van der Waals surface area contributed by atoms with Gasteiger partial charge in [0.1, 0.15) is 11.6 Å². The van der Waals surface area contributed by atoms with Gasteiger partial charge in [-0.2, -0.15) is 0 Å². The summed E-state index contributed by atoms with van der Waals surface area (Å²) in [5, 5.41) is 4.18. The topological polar surface area (TPSA) is 57.4 Å². The molecule has 32 heavy (non-hydrogen) atoms. The fourth-order valence-electron chi connectivity index (χ4n) is 4.56. The van der Waals surface area contributed by atoms with Crippen LogP contribution in [-0.4, -0.2) is 29.6 Å². The average Bonchev–Trinajstić information content (AvgIpc) is 3.18. The molecule has 2 amide bonds. The van der Waals surface area contributed by atoms with E-state index >= 15 is 0 Å². The predicted octanol–water partition coefficient (Wildman–Crippen LogP) is 5.80. The number of hydrogen-bond acceptors (Lipinski definition) is 2. The summed E-state index contributed by atoms with van der Waals surface area (Å²) in [5.74, 6) is 0.299. The SMILES string of the molecule is COc1ccc(C)cc1NC(=O)N1CCc2c([nH]c3ccccc23)[C@@H]1c1ccc(F)cc1. The van der Waals surface area contributed by atoms with Gasteiger partial charge in [0.2, 0.25) is 0 Å². The van der Waals surface area contributed by atoms with Gasteiger partial charge in [-0.3, -0.25) is 0 Å². The van der Waals surface area contributed by atoms with Crippen molar-refractivity contribution < 1.29 is 13.9 Å². The molecule has 1 aromatic heterocycles. The van der Waals surface area contributed by atoms with Crippen LogP contribution in [-0.2, 0) is 6.42 Å². The Labute approximate surface area is 185 Å². The summed E-state index contributed by atoms with van der Waals surface area (Å²) >= 11 is 0. The van der Waals surface area contributed by atoms with E-state index in [0.29, 0.717) is 18.0 Å². The molecule has 3 aromatic carbocycles. The maximum atomic E-state index is 13.7. The maximum absolute atomic E-state index is 13.7. The number of H-pyrrole nitrogens is 1. The molecule has 0 saturated heterocycles. The molecule has 2 N–H and O–H groups in total. The first-order valence-corrected chi connectivity index (χ1v) is 10.6. The Hall–Kier alpha value is -3.80. The van der Waals surface area contributed by atoms with Crippen molar-refractivity contribution in [3.8, 4) is 5.75 Å². The number of aryl methyl sites for hydroxylation is 1. The van der Waals surface area contributed by atoms with E-state index in [0.717, 1.165) is 34.1 Å². The third-order valence-electron chi connectivity index (χ3n) is 6.08. The molecule has 0 saturated carbocycles. The smallest absolute Gasteiger partial charge is 0.322 e. The Morgan fingerprint density at radius 3 is 2.69 bits per heavy atom. The number of nitrogens with zero attached hydrogens (tertiary/aromatic N) is 1. The third kappa shape index (κ3) is 3.47. The molecule has 162 valence electrons. The molecule has 5 rings (SSSR count). The van der Waals surface area contributed by atoms with Crippen molar-refractivity contribution in [1.29, 1.82) is 0 Å². The van der Waals surface area contributed by atoms with Crippen molar-refractivity contribution >= 4 is 22.6 Å². The summed E-state index contributed by atoms with van der Waals surface area (Å²) in [6, 6.07) is 19.6. The fourth-order valence-corrected chi connectivity index (χ4v) is 4.56. The quantitative estimate of drug-likeness (QED) is 0.432. The number of ether oxygens (including phenoxy) is 1. The number of para-hydroxylation sites is 1. The van der Waals surface area contributed by atoms with Crippen LogP contribution in [0.5, 0.6) is 5.75 Å². The number of fused-ring (bicyclic) bond motifs is 3. The lowest BCUT2D eigenvalue weighted by molar-refractivity contribution is 0.193. The van der Waals surface area contributed by atoms with E-state index < -0.39 is 0 Å². The summed E-state index contributed by atoms with van der Waals surface area (Å²) in [6.45, 7) is 2.50. The first kappa shape index (κ1) is 20.1. The van der Waals surface area contributed by atoms with Crippen LogP contribution in [0.3, 0.4) is 0 Å². The molecule has 6 heteroatoms. The highest BCUT2D eigenvalue weighted by Crippen LogP contribution is 2.39. The Balaban J connectivity index is 1.57. The van der Waals surface area contributed by atoms with E-state index in [1.807, 2.05) is 43.3 Å². The lowest BCUT2D eigenvalue weighted by atomic mass is 9.92. The van der Waals surface area contributed by atoms with E-state index in [1.54, 1.807) is 24.1 Å². The number of carbonyl (C=O) groups excluding carboxylic acids is 1. The van der Waals surface area contributed by atoms with Crippen molar-refractivity contribution in [2.45, 2.75) is 19.4 Å². The van der Waals surface area contributed by atoms with Crippen LogP contribution in [0.15, 0.2) is 66.7 Å². The number of aromatic amines is 1. The minimum Gasteiger partial charge on any atom is -0.495 e. The Bertz CT molecular complexity index is 1300. The zero-order valence-electron chi connectivity index (χ0n) is 18.0. The maximum Gasteiger partial charge on any atom is 0.322 e. The lowest BCUT2D eigenvalue weighted by Gasteiger charge is -2.36. The minimum absolute atomic E-state index is 0.229. The van der Waals surface area contributed by atoms with Gasteiger partial charge in [-0.15, -0.1) is 0 Å². The van der Waals surface area contributed by atoms with Crippen LogP contribution in [0.25, 0.3) is 10.9 Å². The summed E-state index contributed by atoms with van der Waals surface area (Å²) in [4.78, 5) is 18.8. The van der Waals surface area contributed by atoms with Gasteiger partial charge in [0.25, 0.3) is 0 Å². The molecule has 0 bridgehead atoms. The van der Waals surface area contributed by atoms with E-state index in [-0.39, 0.29) is 17.9 Å². The van der Waals surface area contributed by atoms with Crippen LogP contribution in [0.1, 0.15) is 28.4 Å². The molecule has 0 unspecified atom stereocenters. The molecule has 4 aromatic rings. The standard InChI is InChI=1S/C26H24FN3O2/c1-16-7-12-23(32-2)22(15-16)29-26(31)30-14-13-20-19-5-3-4-6-21(19)28-24(20)25(30)17-8-10-18(27)11-9-17/h3-12,15,25,28H,13-14H2,1-2H3,(H,29,31)/t25-/m0/s1. The van der Waals surface area contributed by atoms with Crippen LogP contribution in [0.2, 0.25) is 0 Å². The number of anilines is 1. The number of amides is 2. The number of benzene rings is 3. The molecule has 0 aliphatic carbocycles. The van der Waals surface area contributed by atoms with Crippen molar-refractivity contribution in [2.24, 2.45) is 0 Å². The van der Waals surface area contributed by atoms with Crippen molar-refractivity contribution in [3.05, 3.63) is 94.9 Å². The first-order chi connectivity index (χ1) is 15.5. The number of rotatable bonds is 3.